The van der Waals surface area contributed by atoms with Gasteiger partial charge in [0.1, 0.15) is 5.75 Å². The molecule has 12 heteroatoms. The highest BCUT2D eigenvalue weighted by atomic mass is 19.4. The standard InChI is InChI=1S/C24H25F6N3O3/c1-32-5-7-33(8-6-32)18-11-15-10-16(21(34)17(15)12-19(18)36-2)9-14-3-4-20(31-13-14)22(35,23(25,26)27)24(28,29)30/h3-4,11-13,16,35H,5-10H2,1-2H3. The number of ether oxygens (including phenoxy) is 1. The number of methoxy groups -OCH3 is 1. The van der Waals surface area contributed by atoms with Gasteiger partial charge in [0.05, 0.1) is 18.5 Å². The lowest BCUT2D eigenvalue weighted by atomic mass is 9.94. The summed E-state index contributed by atoms with van der Waals surface area (Å²) >= 11 is 0. The van der Waals surface area contributed by atoms with Gasteiger partial charge < -0.3 is 19.6 Å². The Bertz CT molecular complexity index is 1110. The molecule has 1 unspecified atom stereocenters. The van der Waals surface area contributed by atoms with Crippen LogP contribution in [0.25, 0.3) is 0 Å². The molecular formula is C24H25F6N3O3. The number of alkyl halides is 6. The Labute approximate surface area is 203 Å². The number of hydrogen-bond acceptors (Lipinski definition) is 6. The van der Waals surface area contributed by atoms with Gasteiger partial charge in [-0.25, -0.2) is 0 Å². The van der Waals surface area contributed by atoms with Gasteiger partial charge >= 0.3 is 12.4 Å². The van der Waals surface area contributed by atoms with Gasteiger partial charge in [-0.15, -0.1) is 0 Å². The van der Waals surface area contributed by atoms with Crippen LogP contribution in [0, 0.1) is 5.92 Å². The minimum absolute atomic E-state index is 0.0728. The largest absolute Gasteiger partial charge is 0.495 e. The molecule has 1 aliphatic heterocycles. The molecule has 0 spiro atoms. The molecule has 196 valence electrons. The zero-order valence-electron chi connectivity index (χ0n) is 19.6. The first-order valence-corrected chi connectivity index (χ1v) is 11.3. The topological polar surface area (TPSA) is 65.9 Å². The van der Waals surface area contributed by atoms with E-state index in [0.29, 0.717) is 23.8 Å². The second kappa shape index (κ2) is 9.22. The minimum atomic E-state index is -6.01. The summed E-state index contributed by atoms with van der Waals surface area (Å²) in [6, 6.07) is 5.14. The summed E-state index contributed by atoms with van der Waals surface area (Å²) in [5.41, 5.74) is -4.21. The lowest BCUT2D eigenvalue weighted by molar-refractivity contribution is -0.377. The van der Waals surface area contributed by atoms with E-state index in [1.54, 1.807) is 6.07 Å². The van der Waals surface area contributed by atoms with Crippen molar-refractivity contribution < 1.29 is 41.0 Å². The van der Waals surface area contributed by atoms with Crippen molar-refractivity contribution in [2.24, 2.45) is 5.92 Å². The Hall–Kier alpha value is -2.86. The van der Waals surface area contributed by atoms with E-state index in [2.05, 4.69) is 14.8 Å². The fourth-order valence-corrected chi connectivity index (χ4v) is 4.71. The molecule has 0 radical (unpaired) electrons. The van der Waals surface area contributed by atoms with Crippen LogP contribution >= 0.6 is 0 Å². The van der Waals surface area contributed by atoms with E-state index in [-0.39, 0.29) is 17.8 Å². The predicted molar refractivity (Wildman–Crippen MR) is 118 cm³/mol. The molecule has 1 saturated heterocycles. The molecule has 2 aliphatic rings. The molecule has 1 aromatic heterocycles. The van der Waals surface area contributed by atoms with Crippen molar-refractivity contribution in [2.75, 3.05) is 45.2 Å². The van der Waals surface area contributed by atoms with Gasteiger partial charge in [-0.05, 0) is 49.2 Å². The molecule has 1 N–H and O–H groups in total. The summed E-state index contributed by atoms with van der Waals surface area (Å²) in [5, 5.41) is 9.50. The Kier molecular flexibility index (Phi) is 6.71. The number of benzene rings is 1. The van der Waals surface area contributed by atoms with Gasteiger partial charge in [0.25, 0.3) is 5.60 Å². The number of aliphatic hydroxyl groups is 1. The molecule has 1 aromatic carbocycles. The van der Waals surface area contributed by atoms with Crippen molar-refractivity contribution >= 4 is 11.5 Å². The number of Topliss-reactive ketones (excluding diaryl/α,β-unsaturated/α-hetero) is 1. The minimum Gasteiger partial charge on any atom is -0.495 e. The van der Waals surface area contributed by atoms with Gasteiger partial charge in [-0.2, -0.15) is 26.3 Å². The number of fused-ring (bicyclic) bond motifs is 1. The van der Waals surface area contributed by atoms with Gasteiger partial charge in [-0.1, -0.05) is 6.07 Å². The highest BCUT2D eigenvalue weighted by molar-refractivity contribution is 6.03. The smallest absolute Gasteiger partial charge is 0.432 e. The predicted octanol–water partition coefficient (Wildman–Crippen LogP) is 3.75. The van der Waals surface area contributed by atoms with E-state index >= 15 is 0 Å². The number of carbonyl (C=O) groups is 1. The molecule has 1 aliphatic carbocycles. The molecular weight excluding hydrogens is 492 g/mol. The SMILES string of the molecule is COc1cc2c(cc1N1CCN(C)CC1)CC(Cc1ccc(C(O)(C(F)(F)F)C(F)(F)F)nc1)C2=O. The van der Waals surface area contributed by atoms with Crippen LogP contribution in [0.4, 0.5) is 32.0 Å². The first-order chi connectivity index (χ1) is 16.8. The summed E-state index contributed by atoms with van der Waals surface area (Å²) in [6.45, 7) is 3.34. The number of pyridine rings is 1. The first kappa shape index (κ1) is 26.2. The molecule has 2 heterocycles. The maximum absolute atomic E-state index is 13.1. The Morgan fingerprint density at radius 1 is 1.06 bits per heavy atom. The Morgan fingerprint density at radius 3 is 2.22 bits per heavy atom. The highest BCUT2D eigenvalue weighted by Crippen LogP contribution is 2.49. The highest BCUT2D eigenvalue weighted by Gasteiger charge is 2.72. The van der Waals surface area contributed by atoms with Crippen LogP contribution in [0.2, 0.25) is 0 Å². The van der Waals surface area contributed by atoms with Crippen LogP contribution in [0.1, 0.15) is 27.2 Å². The van der Waals surface area contributed by atoms with Crippen molar-refractivity contribution in [1.29, 1.82) is 0 Å². The summed E-state index contributed by atoms with van der Waals surface area (Å²) in [4.78, 5) is 20.7. The van der Waals surface area contributed by atoms with Crippen LogP contribution in [0.15, 0.2) is 30.5 Å². The normalized spacial score (nSPS) is 19.5. The molecule has 36 heavy (non-hydrogen) atoms. The third-order valence-corrected chi connectivity index (χ3v) is 6.85. The fourth-order valence-electron chi connectivity index (χ4n) is 4.71. The maximum atomic E-state index is 13.1. The quantitative estimate of drug-likeness (QED) is 0.610. The molecule has 0 amide bonds. The van der Waals surface area contributed by atoms with Crippen molar-refractivity contribution in [1.82, 2.24) is 9.88 Å². The van der Waals surface area contributed by atoms with Crippen LogP contribution in [0.5, 0.6) is 5.75 Å². The van der Waals surface area contributed by atoms with Crippen LogP contribution < -0.4 is 9.64 Å². The van der Waals surface area contributed by atoms with Gasteiger partial charge in [0.15, 0.2) is 5.78 Å². The van der Waals surface area contributed by atoms with E-state index in [1.165, 1.54) is 7.11 Å². The maximum Gasteiger partial charge on any atom is 0.432 e. The molecule has 4 rings (SSSR count). The van der Waals surface area contributed by atoms with Crippen LogP contribution in [-0.2, 0) is 18.4 Å². The molecule has 1 atom stereocenters. The first-order valence-electron chi connectivity index (χ1n) is 11.3. The average molecular weight is 517 g/mol. The summed E-state index contributed by atoms with van der Waals surface area (Å²) in [6.07, 6.45) is -10.7. The second-order valence-corrected chi connectivity index (χ2v) is 9.20. The number of halogens is 6. The lowest BCUT2D eigenvalue weighted by Gasteiger charge is -2.35. The summed E-state index contributed by atoms with van der Waals surface area (Å²) in [5.74, 6) is -0.166. The van der Waals surface area contributed by atoms with Crippen molar-refractivity contribution in [2.45, 2.75) is 30.8 Å². The van der Waals surface area contributed by atoms with Crippen molar-refractivity contribution in [3.8, 4) is 5.75 Å². The lowest BCUT2D eigenvalue weighted by Crippen LogP contribution is -2.54. The Morgan fingerprint density at radius 2 is 1.69 bits per heavy atom. The summed E-state index contributed by atoms with van der Waals surface area (Å²) < 4.78 is 84.1. The van der Waals surface area contributed by atoms with E-state index in [0.717, 1.165) is 49.7 Å². The van der Waals surface area contributed by atoms with Gasteiger partial charge in [-0.3, -0.25) is 9.78 Å². The van der Waals surface area contributed by atoms with Crippen molar-refractivity contribution in [3.63, 3.8) is 0 Å². The van der Waals surface area contributed by atoms with Gasteiger partial charge in [0.2, 0.25) is 0 Å². The fraction of sp³-hybridized carbons (Fsp3) is 0.500. The number of likely N-dealkylation sites (N-methyl/N-ethyl adjacent to an activating group) is 1. The van der Waals surface area contributed by atoms with Gasteiger partial charge in [0, 0.05) is 43.9 Å². The molecule has 1 fully saturated rings. The molecule has 0 saturated carbocycles. The zero-order valence-corrected chi connectivity index (χ0v) is 19.6. The summed E-state index contributed by atoms with van der Waals surface area (Å²) in [7, 11) is 3.56. The number of piperazine rings is 1. The Balaban J connectivity index is 1.54. The average Bonchev–Trinajstić information content (AvgIpc) is 3.11. The number of hydrogen-bond donors (Lipinski definition) is 1. The van der Waals surface area contributed by atoms with Crippen molar-refractivity contribution in [3.05, 3.63) is 52.8 Å². The number of anilines is 1. The number of rotatable bonds is 5. The van der Waals surface area contributed by atoms with Crippen LogP contribution in [-0.4, -0.2) is 73.5 Å². The number of aromatic nitrogens is 1. The number of nitrogens with zero attached hydrogens (tertiary/aromatic N) is 3. The number of carbonyl (C=O) groups excluding carboxylic acids is 1. The monoisotopic (exact) mass is 517 g/mol. The van der Waals surface area contributed by atoms with E-state index in [4.69, 9.17) is 4.74 Å². The second-order valence-electron chi connectivity index (χ2n) is 9.20. The zero-order chi connectivity index (χ0) is 26.5. The van der Waals surface area contributed by atoms with Crippen LogP contribution in [0.3, 0.4) is 0 Å². The molecule has 0 bridgehead atoms. The number of ketones is 1. The van der Waals surface area contributed by atoms with E-state index in [1.807, 2.05) is 13.1 Å². The molecule has 6 nitrogen and oxygen atoms in total. The van der Waals surface area contributed by atoms with E-state index < -0.39 is 29.6 Å². The van der Waals surface area contributed by atoms with E-state index in [9.17, 15) is 36.2 Å². The molecule has 2 aromatic rings. The third kappa shape index (κ3) is 4.52. The third-order valence-electron chi connectivity index (χ3n) is 6.85.